The van der Waals surface area contributed by atoms with Crippen molar-refractivity contribution in [1.29, 1.82) is 5.41 Å². The van der Waals surface area contributed by atoms with Crippen molar-refractivity contribution in [2.24, 2.45) is 0 Å². The van der Waals surface area contributed by atoms with Gasteiger partial charge in [-0.2, -0.15) is 0 Å². The van der Waals surface area contributed by atoms with E-state index in [0.29, 0.717) is 11.6 Å². The molecule has 5 heteroatoms. The van der Waals surface area contributed by atoms with Crippen molar-refractivity contribution in [3.05, 3.63) is 35.9 Å². The first-order valence-corrected chi connectivity index (χ1v) is 5.96. The first-order valence-electron chi connectivity index (χ1n) is 4.97. The van der Waals surface area contributed by atoms with E-state index in [9.17, 15) is 5.11 Å². The van der Waals surface area contributed by atoms with E-state index in [2.05, 4.69) is 0 Å². The van der Waals surface area contributed by atoms with Crippen LogP contribution in [0.3, 0.4) is 0 Å². The largest absolute Gasteiger partial charge is 0.373 e. The molecule has 1 unspecified atom stereocenters. The van der Waals surface area contributed by atoms with Crippen LogP contribution in [-0.2, 0) is 6.42 Å². The maximum atomic E-state index is 9.94. The maximum Gasteiger partial charge on any atom is 0.158 e. The lowest BCUT2D eigenvalue weighted by atomic mass is 10.1. The van der Waals surface area contributed by atoms with Gasteiger partial charge >= 0.3 is 0 Å². The molecule has 0 bridgehead atoms. The number of nitrogens with zero attached hydrogens (tertiary/aromatic N) is 1. The highest BCUT2D eigenvalue weighted by atomic mass is 35.5. The summed E-state index contributed by atoms with van der Waals surface area (Å²) in [5, 5.41) is 18.1. The molecule has 0 amide bonds. The van der Waals surface area contributed by atoms with E-state index >= 15 is 0 Å². The summed E-state index contributed by atoms with van der Waals surface area (Å²) in [5.41, 5.74) is 1.11. The van der Waals surface area contributed by atoms with Crippen LogP contribution in [-0.4, -0.2) is 33.7 Å². The molecule has 1 aromatic carbocycles. The van der Waals surface area contributed by atoms with E-state index in [0.717, 1.165) is 17.9 Å². The smallest absolute Gasteiger partial charge is 0.158 e. The fourth-order valence-electron chi connectivity index (χ4n) is 1.64. The van der Waals surface area contributed by atoms with E-state index in [4.69, 9.17) is 5.41 Å². The van der Waals surface area contributed by atoms with Gasteiger partial charge in [0.1, 0.15) is 6.23 Å². The second-order valence-corrected chi connectivity index (χ2v) is 4.60. The molecule has 0 aliphatic carbocycles. The highest BCUT2D eigenvalue weighted by molar-refractivity contribution is 8.14. The minimum absolute atomic E-state index is 0. The summed E-state index contributed by atoms with van der Waals surface area (Å²) >= 11 is 1.49. The summed E-state index contributed by atoms with van der Waals surface area (Å²) in [6, 6.07) is 9.88. The van der Waals surface area contributed by atoms with E-state index in [1.807, 2.05) is 30.3 Å². The third-order valence-electron chi connectivity index (χ3n) is 2.45. The zero-order chi connectivity index (χ0) is 10.7. The summed E-state index contributed by atoms with van der Waals surface area (Å²) in [6.45, 7) is 0.775. The molecule has 1 heterocycles. The van der Waals surface area contributed by atoms with Crippen LogP contribution in [0.1, 0.15) is 5.56 Å². The Labute approximate surface area is 106 Å². The molecular formula is C11H15ClN2OS. The Bertz CT molecular complexity index is 347. The van der Waals surface area contributed by atoms with E-state index in [1.165, 1.54) is 11.8 Å². The number of amidine groups is 1. The zero-order valence-corrected chi connectivity index (χ0v) is 10.4. The number of benzene rings is 1. The first kappa shape index (κ1) is 13.4. The van der Waals surface area contributed by atoms with Crippen LogP contribution in [0, 0.1) is 5.41 Å². The second-order valence-electron chi connectivity index (χ2n) is 3.52. The van der Waals surface area contributed by atoms with Crippen molar-refractivity contribution in [1.82, 2.24) is 4.90 Å². The van der Waals surface area contributed by atoms with Crippen LogP contribution in [0.5, 0.6) is 0 Å². The number of thioether (sulfide) groups is 1. The third kappa shape index (κ3) is 3.14. The number of hydrogen-bond donors (Lipinski definition) is 2. The Morgan fingerprint density at radius 3 is 2.62 bits per heavy atom. The standard InChI is InChI=1S/C11H14N2OS.ClH/c12-11-13(6-7-15-11)10(14)8-9-4-2-1-3-5-9;/h1-5,10,12,14H,6-8H2;1H. The molecular weight excluding hydrogens is 244 g/mol. The predicted octanol–water partition coefficient (Wildman–Crippen LogP) is 1.95. The number of halogens is 1. The molecule has 16 heavy (non-hydrogen) atoms. The molecule has 2 N–H and O–H groups in total. The molecule has 1 atom stereocenters. The van der Waals surface area contributed by atoms with Gasteiger partial charge in [0.2, 0.25) is 0 Å². The third-order valence-corrected chi connectivity index (χ3v) is 3.35. The van der Waals surface area contributed by atoms with E-state index < -0.39 is 6.23 Å². The van der Waals surface area contributed by atoms with Crippen LogP contribution < -0.4 is 0 Å². The van der Waals surface area contributed by atoms with Crippen molar-refractivity contribution in [3.63, 3.8) is 0 Å². The molecule has 3 nitrogen and oxygen atoms in total. The quantitative estimate of drug-likeness (QED) is 0.871. The first-order chi connectivity index (χ1) is 7.27. The number of aliphatic hydroxyl groups is 1. The minimum Gasteiger partial charge on any atom is -0.373 e. The van der Waals surface area contributed by atoms with Gasteiger partial charge in [0, 0.05) is 18.7 Å². The number of hydrogen-bond acceptors (Lipinski definition) is 3. The van der Waals surface area contributed by atoms with Gasteiger partial charge in [-0.15, -0.1) is 12.4 Å². The Hall–Kier alpha value is -0.710. The van der Waals surface area contributed by atoms with Gasteiger partial charge in [-0.05, 0) is 5.56 Å². The molecule has 0 spiro atoms. The van der Waals surface area contributed by atoms with Crippen molar-refractivity contribution in [3.8, 4) is 0 Å². The lowest BCUT2D eigenvalue weighted by Gasteiger charge is -2.23. The van der Waals surface area contributed by atoms with Crippen molar-refractivity contribution < 1.29 is 5.11 Å². The van der Waals surface area contributed by atoms with Crippen LogP contribution >= 0.6 is 24.2 Å². The fourth-order valence-corrected chi connectivity index (χ4v) is 2.50. The highest BCUT2D eigenvalue weighted by Crippen LogP contribution is 2.19. The van der Waals surface area contributed by atoms with Gasteiger partial charge in [0.05, 0.1) is 0 Å². The zero-order valence-electron chi connectivity index (χ0n) is 8.80. The molecule has 88 valence electrons. The second kappa shape index (κ2) is 6.13. The molecule has 1 aliphatic rings. The number of rotatable bonds is 3. The lowest BCUT2D eigenvalue weighted by Crippen LogP contribution is -2.36. The average molecular weight is 259 g/mol. The molecule has 1 fully saturated rings. The van der Waals surface area contributed by atoms with Gasteiger partial charge < -0.3 is 10.0 Å². The van der Waals surface area contributed by atoms with Gasteiger partial charge in [-0.3, -0.25) is 5.41 Å². The molecule has 1 aromatic rings. The van der Waals surface area contributed by atoms with Crippen molar-refractivity contribution in [2.45, 2.75) is 12.6 Å². The fraction of sp³-hybridized carbons (Fsp3) is 0.364. The SMILES string of the molecule is Cl.N=C1SCCN1C(O)Cc1ccccc1. The van der Waals surface area contributed by atoms with E-state index in [1.54, 1.807) is 4.90 Å². The van der Waals surface area contributed by atoms with Gasteiger partial charge in [0.15, 0.2) is 5.17 Å². The molecule has 2 rings (SSSR count). The highest BCUT2D eigenvalue weighted by Gasteiger charge is 2.24. The van der Waals surface area contributed by atoms with Gasteiger partial charge in [0.25, 0.3) is 0 Å². The molecule has 1 saturated heterocycles. The van der Waals surface area contributed by atoms with Gasteiger partial charge in [-0.25, -0.2) is 0 Å². The Morgan fingerprint density at radius 2 is 2.06 bits per heavy atom. The number of nitrogens with one attached hydrogen (secondary N) is 1. The van der Waals surface area contributed by atoms with Crippen LogP contribution in [0.2, 0.25) is 0 Å². The Balaban J connectivity index is 0.00000128. The molecule has 0 radical (unpaired) electrons. The molecule has 0 aromatic heterocycles. The Kier molecular flexibility index (Phi) is 5.12. The normalized spacial score (nSPS) is 17.1. The van der Waals surface area contributed by atoms with E-state index in [-0.39, 0.29) is 12.4 Å². The Morgan fingerprint density at radius 1 is 1.38 bits per heavy atom. The summed E-state index contributed by atoms with van der Waals surface area (Å²) in [5.74, 6) is 0.907. The summed E-state index contributed by atoms with van der Waals surface area (Å²) in [4.78, 5) is 1.75. The van der Waals surface area contributed by atoms with Crippen LogP contribution in [0.25, 0.3) is 0 Å². The van der Waals surface area contributed by atoms with Crippen molar-refractivity contribution in [2.75, 3.05) is 12.3 Å². The maximum absolute atomic E-state index is 9.94. The minimum atomic E-state index is -0.560. The number of aliphatic hydroxyl groups excluding tert-OH is 1. The average Bonchev–Trinajstić information content (AvgIpc) is 2.66. The van der Waals surface area contributed by atoms with Crippen LogP contribution in [0.15, 0.2) is 30.3 Å². The van der Waals surface area contributed by atoms with Gasteiger partial charge in [-0.1, -0.05) is 42.1 Å². The summed E-state index contributed by atoms with van der Waals surface area (Å²) < 4.78 is 0. The predicted molar refractivity (Wildman–Crippen MR) is 70.3 cm³/mol. The van der Waals surface area contributed by atoms with Crippen molar-refractivity contribution >= 4 is 29.3 Å². The van der Waals surface area contributed by atoms with Crippen LogP contribution in [0.4, 0.5) is 0 Å². The molecule has 0 saturated carbocycles. The topological polar surface area (TPSA) is 47.3 Å². The lowest BCUT2D eigenvalue weighted by molar-refractivity contribution is 0.0616. The summed E-state index contributed by atoms with van der Waals surface area (Å²) in [6.07, 6.45) is 0.0268. The monoisotopic (exact) mass is 258 g/mol. The molecule has 1 aliphatic heterocycles. The summed E-state index contributed by atoms with van der Waals surface area (Å²) in [7, 11) is 0.